The number of aliphatic hydroxyl groups excluding tert-OH is 1. The second-order valence-electron chi connectivity index (χ2n) is 6.89. The zero-order valence-corrected chi connectivity index (χ0v) is 16.3. The minimum Gasteiger partial charge on any atom is -0.493 e. The fourth-order valence-corrected chi connectivity index (χ4v) is 3.27. The Balaban J connectivity index is 1.93. The third-order valence-corrected chi connectivity index (χ3v) is 4.95. The lowest BCUT2D eigenvalue weighted by molar-refractivity contribution is 0.0705. The van der Waals surface area contributed by atoms with E-state index < -0.39 is 12.3 Å². The van der Waals surface area contributed by atoms with Gasteiger partial charge in [0, 0.05) is 26.2 Å². The van der Waals surface area contributed by atoms with E-state index in [-0.39, 0.29) is 6.61 Å². The molecule has 1 aliphatic rings. The molecular formula is C20H33FN2O3. The quantitative estimate of drug-likeness (QED) is 0.688. The van der Waals surface area contributed by atoms with Crippen LogP contribution in [0, 0.1) is 0 Å². The Morgan fingerprint density at radius 1 is 1.23 bits per heavy atom. The van der Waals surface area contributed by atoms with Gasteiger partial charge in [0.25, 0.3) is 0 Å². The molecule has 0 aliphatic carbocycles. The molecule has 1 atom stereocenters. The fraction of sp³-hybridized carbons (Fsp3) is 0.700. The summed E-state index contributed by atoms with van der Waals surface area (Å²) >= 11 is 0. The predicted octanol–water partition coefficient (Wildman–Crippen LogP) is 2.71. The van der Waals surface area contributed by atoms with Crippen LogP contribution in [0.15, 0.2) is 18.2 Å². The summed E-state index contributed by atoms with van der Waals surface area (Å²) in [5, 5.41) is 10.2. The fourth-order valence-electron chi connectivity index (χ4n) is 3.27. The van der Waals surface area contributed by atoms with Crippen molar-refractivity contribution in [3.63, 3.8) is 0 Å². The highest BCUT2D eigenvalue weighted by molar-refractivity contribution is 5.43. The number of halogens is 1. The van der Waals surface area contributed by atoms with Crippen LogP contribution in [-0.4, -0.2) is 73.6 Å². The molecule has 1 aromatic carbocycles. The minimum atomic E-state index is -0.659. The molecule has 0 spiro atoms. The van der Waals surface area contributed by atoms with Gasteiger partial charge in [-0.2, -0.15) is 0 Å². The lowest BCUT2D eigenvalue weighted by atomic mass is 10.1. The van der Waals surface area contributed by atoms with Crippen LogP contribution >= 0.6 is 0 Å². The smallest absolute Gasteiger partial charge is 0.161 e. The Labute approximate surface area is 156 Å². The van der Waals surface area contributed by atoms with Crippen molar-refractivity contribution in [3.8, 4) is 11.5 Å². The van der Waals surface area contributed by atoms with Gasteiger partial charge < -0.3 is 19.5 Å². The van der Waals surface area contributed by atoms with E-state index in [1.54, 1.807) is 7.11 Å². The molecule has 6 heteroatoms. The number of methoxy groups -OCH3 is 1. The topological polar surface area (TPSA) is 45.2 Å². The minimum absolute atomic E-state index is 0.226. The molecule has 0 bridgehead atoms. The molecule has 0 radical (unpaired) electrons. The maximum Gasteiger partial charge on any atom is 0.161 e. The van der Waals surface area contributed by atoms with Gasteiger partial charge in [-0.1, -0.05) is 19.9 Å². The summed E-state index contributed by atoms with van der Waals surface area (Å²) in [5.74, 6) is 1.30. The van der Waals surface area contributed by atoms with Gasteiger partial charge in [0.1, 0.15) is 18.9 Å². The number of likely N-dealkylation sites (N-methyl/N-ethyl adjacent to an activating group) is 1. The molecule has 148 valence electrons. The number of nitrogens with zero attached hydrogens (tertiary/aromatic N) is 2. The van der Waals surface area contributed by atoms with E-state index in [2.05, 4.69) is 23.6 Å². The van der Waals surface area contributed by atoms with Crippen molar-refractivity contribution in [2.24, 2.45) is 0 Å². The number of benzene rings is 1. The Hall–Kier alpha value is -1.37. The number of ether oxygens (including phenoxy) is 2. The standard InChI is InChI=1S/C20H33FN2O3/c1-4-22(5-2)14-18(24)15-26-20-12-16(6-7-19(20)25-3)13-23-10-8-17(21)9-11-23/h6-7,12,17-18,24H,4-5,8-11,13-15H2,1-3H3/t18-/m1/s1. The number of alkyl halides is 1. The first-order valence-electron chi connectivity index (χ1n) is 9.62. The van der Waals surface area contributed by atoms with E-state index in [4.69, 9.17) is 9.47 Å². The van der Waals surface area contributed by atoms with Crippen LogP contribution in [0.2, 0.25) is 0 Å². The molecule has 0 aromatic heterocycles. The van der Waals surface area contributed by atoms with Crippen LogP contribution in [-0.2, 0) is 6.54 Å². The largest absolute Gasteiger partial charge is 0.493 e. The molecule has 5 nitrogen and oxygen atoms in total. The number of likely N-dealkylation sites (tertiary alicyclic amines) is 1. The van der Waals surface area contributed by atoms with Crippen molar-refractivity contribution >= 4 is 0 Å². The third-order valence-electron chi connectivity index (χ3n) is 4.95. The number of rotatable bonds is 10. The Morgan fingerprint density at radius 2 is 1.92 bits per heavy atom. The highest BCUT2D eigenvalue weighted by Crippen LogP contribution is 2.29. The molecule has 1 aliphatic heterocycles. The summed E-state index contributed by atoms with van der Waals surface area (Å²) in [6.45, 7) is 9.12. The molecular weight excluding hydrogens is 335 g/mol. The van der Waals surface area contributed by atoms with Gasteiger partial charge in [0.2, 0.25) is 0 Å². The predicted molar refractivity (Wildman–Crippen MR) is 102 cm³/mol. The Kier molecular flexibility index (Phi) is 8.62. The van der Waals surface area contributed by atoms with Crippen LogP contribution in [0.4, 0.5) is 4.39 Å². The normalized spacial score (nSPS) is 17.5. The molecule has 1 N–H and O–H groups in total. The molecule has 0 amide bonds. The van der Waals surface area contributed by atoms with Crippen molar-refractivity contribution < 1.29 is 19.0 Å². The Morgan fingerprint density at radius 3 is 2.54 bits per heavy atom. The number of aliphatic hydroxyl groups is 1. The summed E-state index contributed by atoms with van der Waals surface area (Å²) in [6, 6.07) is 5.87. The number of hydrogen-bond acceptors (Lipinski definition) is 5. The molecule has 26 heavy (non-hydrogen) atoms. The highest BCUT2D eigenvalue weighted by Gasteiger charge is 2.19. The SMILES string of the molecule is CCN(CC)C[C@@H](O)COc1cc(CN2CCC(F)CC2)ccc1OC. The average molecular weight is 368 g/mol. The molecule has 1 heterocycles. The summed E-state index contributed by atoms with van der Waals surface area (Å²) in [7, 11) is 1.61. The maximum atomic E-state index is 13.3. The van der Waals surface area contributed by atoms with Gasteiger partial charge in [0.15, 0.2) is 11.5 Å². The van der Waals surface area contributed by atoms with Crippen LogP contribution in [0.3, 0.4) is 0 Å². The second-order valence-corrected chi connectivity index (χ2v) is 6.89. The summed E-state index contributed by atoms with van der Waals surface area (Å²) < 4.78 is 24.5. The molecule has 1 saturated heterocycles. The van der Waals surface area contributed by atoms with E-state index in [0.29, 0.717) is 30.9 Å². The Bertz CT molecular complexity index is 532. The lowest BCUT2D eigenvalue weighted by Gasteiger charge is -2.28. The second kappa shape index (κ2) is 10.7. The van der Waals surface area contributed by atoms with Crippen molar-refractivity contribution in [2.45, 2.75) is 45.5 Å². The lowest BCUT2D eigenvalue weighted by Crippen LogP contribution is -2.35. The maximum absolute atomic E-state index is 13.3. The van der Waals surface area contributed by atoms with E-state index in [1.807, 2.05) is 18.2 Å². The van der Waals surface area contributed by atoms with E-state index in [1.165, 1.54) is 0 Å². The molecule has 2 rings (SSSR count). The molecule has 0 saturated carbocycles. The van der Waals surface area contributed by atoms with Crippen LogP contribution in [0.5, 0.6) is 11.5 Å². The monoisotopic (exact) mass is 368 g/mol. The average Bonchev–Trinajstić information content (AvgIpc) is 2.66. The van der Waals surface area contributed by atoms with Crippen molar-refractivity contribution in [3.05, 3.63) is 23.8 Å². The first-order valence-corrected chi connectivity index (χ1v) is 9.62. The van der Waals surface area contributed by atoms with Crippen molar-refractivity contribution in [2.75, 3.05) is 46.4 Å². The van der Waals surface area contributed by atoms with E-state index in [9.17, 15) is 9.50 Å². The third kappa shape index (κ3) is 6.41. The van der Waals surface area contributed by atoms with Crippen LogP contribution in [0.1, 0.15) is 32.3 Å². The van der Waals surface area contributed by atoms with Crippen LogP contribution in [0.25, 0.3) is 0 Å². The number of piperidine rings is 1. The first-order chi connectivity index (χ1) is 12.5. The van der Waals surface area contributed by atoms with Crippen LogP contribution < -0.4 is 9.47 Å². The summed E-state index contributed by atoms with van der Waals surface area (Å²) in [5.41, 5.74) is 1.11. The van der Waals surface area contributed by atoms with Gasteiger partial charge in [0.05, 0.1) is 7.11 Å². The molecule has 1 fully saturated rings. The van der Waals surface area contributed by atoms with E-state index in [0.717, 1.165) is 38.3 Å². The number of hydrogen-bond donors (Lipinski definition) is 1. The van der Waals surface area contributed by atoms with Gasteiger partial charge >= 0.3 is 0 Å². The highest BCUT2D eigenvalue weighted by atomic mass is 19.1. The van der Waals surface area contributed by atoms with E-state index >= 15 is 0 Å². The van der Waals surface area contributed by atoms with Gasteiger partial charge in [-0.25, -0.2) is 4.39 Å². The molecule has 1 aromatic rings. The first kappa shape index (κ1) is 20.9. The summed E-state index contributed by atoms with van der Waals surface area (Å²) in [4.78, 5) is 4.42. The van der Waals surface area contributed by atoms with Crippen molar-refractivity contribution in [1.29, 1.82) is 0 Å². The van der Waals surface area contributed by atoms with Gasteiger partial charge in [-0.15, -0.1) is 0 Å². The van der Waals surface area contributed by atoms with Gasteiger partial charge in [-0.05, 0) is 43.6 Å². The zero-order valence-electron chi connectivity index (χ0n) is 16.3. The van der Waals surface area contributed by atoms with Gasteiger partial charge in [-0.3, -0.25) is 4.90 Å². The molecule has 0 unspecified atom stereocenters. The zero-order chi connectivity index (χ0) is 18.9. The van der Waals surface area contributed by atoms with Crippen molar-refractivity contribution in [1.82, 2.24) is 9.80 Å². The summed E-state index contributed by atoms with van der Waals surface area (Å²) in [6.07, 6.45) is 0.00820.